The lowest BCUT2D eigenvalue weighted by atomic mass is 10.1. The van der Waals surface area contributed by atoms with Crippen molar-refractivity contribution in [1.29, 1.82) is 0 Å². The molecular formula is C10H16N4O3S. The second-order valence-electron chi connectivity index (χ2n) is 4.46. The summed E-state index contributed by atoms with van der Waals surface area (Å²) in [5.41, 5.74) is 5.99. The van der Waals surface area contributed by atoms with Crippen LogP contribution in [-0.2, 0) is 21.2 Å². The summed E-state index contributed by atoms with van der Waals surface area (Å²) in [5.74, 6) is 0.113. The average Bonchev–Trinajstić information content (AvgIpc) is 2.67. The maximum Gasteiger partial charge on any atom is 0.241 e. The second kappa shape index (κ2) is 4.97. The number of carbonyl (C=O) groups is 1. The Bertz CT molecular complexity index is 523. The van der Waals surface area contributed by atoms with E-state index in [2.05, 4.69) is 10.4 Å². The molecule has 3 N–H and O–H groups in total. The molecule has 1 aromatic heterocycles. The number of anilines is 1. The lowest BCUT2D eigenvalue weighted by Crippen LogP contribution is -2.42. The molecule has 2 heterocycles. The third-order valence-corrected chi connectivity index (χ3v) is 4.59. The van der Waals surface area contributed by atoms with Gasteiger partial charge in [-0.15, -0.1) is 0 Å². The maximum absolute atomic E-state index is 11.7. The highest BCUT2D eigenvalue weighted by Crippen LogP contribution is 2.12. The minimum atomic E-state index is -2.89. The molecular weight excluding hydrogens is 256 g/mol. The predicted octanol–water partition coefficient (Wildman–Crippen LogP) is -0.841. The number of nitrogens with two attached hydrogens (primary N) is 1. The van der Waals surface area contributed by atoms with Gasteiger partial charge in [-0.25, -0.2) is 8.42 Å². The number of nitrogen functional groups attached to an aromatic ring is 1. The van der Waals surface area contributed by atoms with Crippen molar-refractivity contribution < 1.29 is 13.2 Å². The fourth-order valence-corrected chi connectivity index (χ4v) is 3.41. The molecule has 1 amide bonds. The number of nitrogens with one attached hydrogen (secondary N) is 1. The number of amides is 1. The summed E-state index contributed by atoms with van der Waals surface area (Å²) in [7, 11) is -2.89. The molecule has 100 valence electrons. The van der Waals surface area contributed by atoms with Crippen LogP contribution in [0.2, 0.25) is 0 Å². The first kappa shape index (κ1) is 12.9. The Morgan fingerprint density at radius 3 is 2.72 bits per heavy atom. The normalized spacial score (nSPS) is 19.6. The van der Waals surface area contributed by atoms with Gasteiger partial charge < -0.3 is 11.1 Å². The van der Waals surface area contributed by atoms with Crippen molar-refractivity contribution in [2.24, 2.45) is 0 Å². The number of nitrogens with zero attached hydrogens (tertiary/aromatic N) is 2. The van der Waals surface area contributed by atoms with E-state index in [0.717, 1.165) is 0 Å². The summed E-state index contributed by atoms with van der Waals surface area (Å²) in [5, 5.41) is 6.72. The summed E-state index contributed by atoms with van der Waals surface area (Å²) < 4.78 is 23.9. The lowest BCUT2D eigenvalue weighted by Gasteiger charge is -2.22. The van der Waals surface area contributed by atoms with Crippen LogP contribution < -0.4 is 11.1 Å². The van der Waals surface area contributed by atoms with Gasteiger partial charge in [0.15, 0.2) is 0 Å². The molecule has 7 nitrogen and oxygen atoms in total. The van der Waals surface area contributed by atoms with Gasteiger partial charge in [-0.05, 0) is 12.8 Å². The molecule has 1 aromatic rings. The van der Waals surface area contributed by atoms with Gasteiger partial charge in [-0.2, -0.15) is 5.10 Å². The smallest absolute Gasteiger partial charge is 0.241 e. The first-order valence-corrected chi connectivity index (χ1v) is 7.54. The summed E-state index contributed by atoms with van der Waals surface area (Å²) in [6.45, 7) is 0.0977. The van der Waals surface area contributed by atoms with Gasteiger partial charge in [0.2, 0.25) is 5.91 Å². The molecule has 0 radical (unpaired) electrons. The Morgan fingerprint density at radius 1 is 1.50 bits per heavy atom. The third-order valence-electron chi connectivity index (χ3n) is 2.88. The van der Waals surface area contributed by atoms with Crippen LogP contribution >= 0.6 is 0 Å². The largest absolute Gasteiger partial charge is 0.396 e. The molecule has 0 aromatic carbocycles. The standard InChI is InChI=1S/C10H16N4O3S/c11-8-5-12-14(6-8)7-10(15)13-9-1-3-18(16,17)4-2-9/h5-6,9H,1-4,7,11H2,(H,13,15). The second-order valence-corrected chi connectivity index (χ2v) is 6.77. The fourth-order valence-electron chi connectivity index (χ4n) is 1.92. The zero-order valence-corrected chi connectivity index (χ0v) is 10.7. The van der Waals surface area contributed by atoms with E-state index < -0.39 is 9.84 Å². The summed E-state index contributed by atoms with van der Waals surface area (Å²) in [6, 6.07) is -0.0612. The highest BCUT2D eigenvalue weighted by molar-refractivity contribution is 7.91. The molecule has 8 heteroatoms. The maximum atomic E-state index is 11.7. The topological polar surface area (TPSA) is 107 Å². The van der Waals surface area contributed by atoms with Gasteiger partial charge >= 0.3 is 0 Å². The molecule has 2 rings (SSSR count). The van der Waals surface area contributed by atoms with Crippen molar-refractivity contribution in [2.75, 3.05) is 17.2 Å². The predicted molar refractivity (Wildman–Crippen MR) is 66.5 cm³/mol. The molecule has 0 aliphatic carbocycles. The van der Waals surface area contributed by atoms with E-state index in [1.54, 1.807) is 6.20 Å². The SMILES string of the molecule is Nc1cnn(CC(=O)NC2CCS(=O)(=O)CC2)c1. The van der Waals surface area contributed by atoms with Gasteiger partial charge in [-0.3, -0.25) is 9.48 Å². The number of hydrogen-bond acceptors (Lipinski definition) is 5. The van der Waals surface area contributed by atoms with Crippen LogP contribution in [0.15, 0.2) is 12.4 Å². The molecule has 0 bridgehead atoms. The Labute approximate surface area is 105 Å². The van der Waals surface area contributed by atoms with Crippen molar-refractivity contribution in [2.45, 2.75) is 25.4 Å². The summed E-state index contributed by atoms with van der Waals surface area (Å²) >= 11 is 0. The van der Waals surface area contributed by atoms with Gasteiger partial charge in [0.1, 0.15) is 16.4 Å². The highest BCUT2D eigenvalue weighted by Gasteiger charge is 2.24. The molecule has 1 aliphatic heterocycles. The van der Waals surface area contributed by atoms with E-state index in [-0.39, 0.29) is 30.0 Å². The van der Waals surface area contributed by atoms with Gasteiger partial charge in [0, 0.05) is 12.2 Å². The van der Waals surface area contributed by atoms with E-state index in [9.17, 15) is 13.2 Å². The molecule has 0 atom stereocenters. The number of rotatable bonds is 3. The van der Waals surface area contributed by atoms with Crippen molar-refractivity contribution in [3.05, 3.63) is 12.4 Å². The monoisotopic (exact) mass is 272 g/mol. The van der Waals surface area contributed by atoms with Crippen molar-refractivity contribution in [3.8, 4) is 0 Å². The quantitative estimate of drug-likeness (QED) is 0.746. The Balaban J connectivity index is 1.82. The van der Waals surface area contributed by atoms with Gasteiger partial charge in [0.05, 0.1) is 23.4 Å². The first-order chi connectivity index (χ1) is 8.44. The Hall–Kier alpha value is -1.57. The van der Waals surface area contributed by atoms with E-state index in [0.29, 0.717) is 18.5 Å². The van der Waals surface area contributed by atoms with Crippen LogP contribution in [-0.4, -0.2) is 41.7 Å². The summed E-state index contributed by atoms with van der Waals surface area (Å²) in [6.07, 6.45) is 4.01. The number of hydrogen-bond donors (Lipinski definition) is 2. The molecule has 18 heavy (non-hydrogen) atoms. The Morgan fingerprint density at radius 2 is 2.17 bits per heavy atom. The molecule has 0 spiro atoms. The van der Waals surface area contributed by atoms with Crippen LogP contribution in [0.3, 0.4) is 0 Å². The zero-order valence-electron chi connectivity index (χ0n) is 9.87. The number of aromatic nitrogens is 2. The molecule has 0 unspecified atom stereocenters. The molecule has 1 saturated heterocycles. The van der Waals surface area contributed by atoms with Crippen molar-refractivity contribution >= 4 is 21.4 Å². The van der Waals surface area contributed by atoms with Crippen LogP contribution in [0, 0.1) is 0 Å². The van der Waals surface area contributed by atoms with E-state index in [1.807, 2.05) is 0 Å². The van der Waals surface area contributed by atoms with E-state index >= 15 is 0 Å². The van der Waals surface area contributed by atoms with E-state index in [4.69, 9.17) is 5.73 Å². The molecule has 1 aliphatic rings. The summed E-state index contributed by atoms with van der Waals surface area (Å²) in [4.78, 5) is 11.7. The fraction of sp³-hybridized carbons (Fsp3) is 0.600. The minimum absolute atomic E-state index is 0.0612. The highest BCUT2D eigenvalue weighted by atomic mass is 32.2. The van der Waals surface area contributed by atoms with Gasteiger partial charge in [-0.1, -0.05) is 0 Å². The lowest BCUT2D eigenvalue weighted by molar-refractivity contribution is -0.122. The average molecular weight is 272 g/mol. The minimum Gasteiger partial charge on any atom is -0.396 e. The third kappa shape index (κ3) is 3.46. The number of carbonyl (C=O) groups excluding carboxylic acids is 1. The first-order valence-electron chi connectivity index (χ1n) is 5.72. The van der Waals surface area contributed by atoms with Crippen molar-refractivity contribution in [1.82, 2.24) is 15.1 Å². The van der Waals surface area contributed by atoms with Gasteiger partial charge in [0.25, 0.3) is 0 Å². The zero-order chi connectivity index (χ0) is 13.2. The van der Waals surface area contributed by atoms with E-state index in [1.165, 1.54) is 10.9 Å². The Kier molecular flexibility index (Phi) is 3.55. The van der Waals surface area contributed by atoms with Crippen LogP contribution in [0.5, 0.6) is 0 Å². The van der Waals surface area contributed by atoms with Crippen LogP contribution in [0.25, 0.3) is 0 Å². The molecule has 0 saturated carbocycles. The number of sulfone groups is 1. The van der Waals surface area contributed by atoms with Crippen LogP contribution in [0.4, 0.5) is 5.69 Å². The van der Waals surface area contributed by atoms with Crippen molar-refractivity contribution in [3.63, 3.8) is 0 Å². The molecule has 1 fully saturated rings. The van der Waals surface area contributed by atoms with Crippen LogP contribution in [0.1, 0.15) is 12.8 Å².